The second kappa shape index (κ2) is 7.03. The van der Waals surface area contributed by atoms with Crippen LogP contribution in [0.2, 0.25) is 0 Å². The van der Waals surface area contributed by atoms with Crippen molar-refractivity contribution in [2.75, 3.05) is 21.3 Å². The van der Waals surface area contributed by atoms with Crippen LogP contribution < -0.4 is 9.47 Å². The van der Waals surface area contributed by atoms with Crippen molar-refractivity contribution >= 4 is 11.9 Å². The Morgan fingerprint density at radius 1 is 1.20 bits per heavy atom. The first kappa shape index (κ1) is 15.4. The molecular weight excluding hydrogens is 268 g/mol. The predicted molar refractivity (Wildman–Crippen MR) is 67.7 cm³/mol. The molecule has 1 N–H and O–H groups in total. The fourth-order valence-electron chi connectivity index (χ4n) is 1.33. The number of hydrogen-bond acceptors (Lipinski definition) is 6. The predicted octanol–water partition coefficient (Wildman–Crippen LogP) is 1.43. The summed E-state index contributed by atoms with van der Waals surface area (Å²) >= 11 is 0. The smallest absolute Gasteiger partial charge is 0.377 e. The van der Waals surface area contributed by atoms with Gasteiger partial charge >= 0.3 is 11.9 Å². The highest BCUT2D eigenvalue weighted by molar-refractivity contribution is 5.92. The standard InChI is InChI=1S/C13H14O7/c1-17-7-11(13(16)19-3)20-10-5-4-8(18-2)6-9(10)12(14)15/h4-7H,1-3H3,(H,14,15)/b11-7+. The number of carbonyl (C=O) groups is 2. The molecule has 1 aromatic carbocycles. The van der Waals surface area contributed by atoms with E-state index in [1.54, 1.807) is 0 Å². The van der Waals surface area contributed by atoms with Crippen LogP contribution in [0.1, 0.15) is 10.4 Å². The van der Waals surface area contributed by atoms with E-state index >= 15 is 0 Å². The monoisotopic (exact) mass is 282 g/mol. The number of hydrogen-bond donors (Lipinski definition) is 1. The molecule has 0 radical (unpaired) electrons. The van der Waals surface area contributed by atoms with Gasteiger partial charge in [-0.1, -0.05) is 0 Å². The first-order chi connectivity index (χ1) is 9.53. The van der Waals surface area contributed by atoms with Gasteiger partial charge < -0.3 is 24.1 Å². The van der Waals surface area contributed by atoms with Crippen molar-refractivity contribution in [2.45, 2.75) is 0 Å². The molecule has 0 bridgehead atoms. The third-order valence-electron chi connectivity index (χ3n) is 2.25. The van der Waals surface area contributed by atoms with Crippen molar-refractivity contribution in [2.24, 2.45) is 0 Å². The maximum absolute atomic E-state index is 11.4. The number of methoxy groups -OCH3 is 3. The minimum absolute atomic E-state index is 0.0352. The number of benzene rings is 1. The lowest BCUT2D eigenvalue weighted by atomic mass is 10.2. The molecule has 0 heterocycles. The van der Waals surface area contributed by atoms with Gasteiger partial charge in [-0.3, -0.25) is 0 Å². The fourth-order valence-corrected chi connectivity index (χ4v) is 1.33. The third-order valence-corrected chi connectivity index (χ3v) is 2.25. The molecule has 0 aliphatic heterocycles. The van der Waals surface area contributed by atoms with Crippen LogP contribution in [0.5, 0.6) is 11.5 Å². The molecule has 0 aromatic heterocycles. The lowest BCUT2D eigenvalue weighted by molar-refractivity contribution is -0.138. The number of ether oxygens (including phenoxy) is 4. The number of aromatic carboxylic acids is 1. The molecule has 0 saturated heterocycles. The van der Waals surface area contributed by atoms with E-state index in [1.807, 2.05) is 0 Å². The molecule has 0 amide bonds. The van der Waals surface area contributed by atoms with Gasteiger partial charge in [0.1, 0.15) is 23.3 Å². The maximum atomic E-state index is 11.4. The highest BCUT2D eigenvalue weighted by Gasteiger charge is 2.19. The second-order valence-corrected chi connectivity index (χ2v) is 3.48. The lowest BCUT2D eigenvalue weighted by Gasteiger charge is -2.11. The van der Waals surface area contributed by atoms with E-state index in [9.17, 15) is 9.59 Å². The van der Waals surface area contributed by atoms with Crippen LogP contribution in [0.4, 0.5) is 0 Å². The molecule has 0 aliphatic rings. The van der Waals surface area contributed by atoms with Gasteiger partial charge in [-0.15, -0.1) is 0 Å². The van der Waals surface area contributed by atoms with E-state index in [4.69, 9.17) is 14.6 Å². The van der Waals surface area contributed by atoms with E-state index in [-0.39, 0.29) is 17.1 Å². The molecule has 0 saturated carbocycles. The summed E-state index contributed by atoms with van der Waals surface area (Å²) in [6, 6.07) is 4.15. The number of carboxylic acid groups (broad SMARTS) is 1. The number of rotatable bonds is 6. The first-order valence-electron chi connectivity index (χ1n) is 5.44. The molecule has 0 spiro atoms. The van der Waals surface area contributed by atoms with Crippen LogP contribution in [0.3, 0.4) is 0 Å². The molecule has 20 heavy (non-hydrogen) atoms. The van der Waals surface area contributed by atoms with E-state index in [2.05, 4.69) is 9.47 Å². The fraction of sp³-hybridized carbons (Fsp3) is 0.231. The summed E-state index contributed by atoms with van der Waals surface area (Å²) in [6.45, 7) is 0. The van der Waals surface area contributed by atoms with Crippen molar-refractivity contribution in [3.8, 4) is 11.5 Å². The Kier molecular flexibility index (Phi) is 5.40. The van der Waals surface area contributed by atoms with Crippen molar-refractivity contribution in [1.29, 1.82) is 0 Å². The van der Waals surface area contributed by atoms with Crippen LogP contribution >= 0.6 is 0 Å². The lowest BCUT2D eigenvalue weighted by Crippen LogP contribution is -2.13. The molecule has 108 valence electrons. The first-order valence-corrected chi connectivity index (χ1v) is 5.44. The van der Waals surface area contributed by atoms with Crippen LogP contribution in [0.15, 0.2) is 30.2 Å². The van der Waals surface area contributed by atoms with Crippen molar-refractivity contribution in [3.63, 3.8) is 0 Å². The molecule has 7 nitrogen and oxygen atoms in total. The minimum Gasteiger partial charge on any atom is -0.500 e. The summed E-state index contributed by atoms with van der Waals surface area (Å²) in [4.78, 5) is 22.6. The molecule has 0 aliphatic carbocycles. The number of carboxylic acids is 1. The van der Waals surface area contributed by atoms with Crippen LogP contribution in [-0.2, 0) is 14.3 Å². The molecule has 1 aromatic rings. The normalized spacial score (nSPS) is 10.7. The van der Waals surface area contributed by atoms with Crippen LogP contribution in [-0.4, -0.2) is 38.4 Å². The van der Waals surface area contributed by atoms with E-state index in [1.165, 1.54) is 39.5 Å². The molecule has 0 unspecified atom stereocenters. The van der Waals surface area contributed by atoms with Gasteiger partial charge in [0.25, 0.3) is 0 Å². The van der Waals surface area contributed by atoms with Gasteiger partial charge in [-0.25, -0.2) is 9.59 Å². The van der Waals surface area contributed by atoms with Crippen LogP contribution in [0, 0.1) is 0 Å². The average molecular weight is 282 g/mol. The van der Waals surface area contributed by atoms with Gasteiger partial charge in [-0.2, -0.15) is 0 Å². The zero-order chi connectivity index (χ0) is 15.1. The third kappa shape index (κ3) is 3.64. The van der Waals surface area contributed by atoms with Gasteiger partial charge in [0.15, 0.2) is 0 Å². The van der Waals surface area contributed by atoms with Crippen LogP contribution in [0.25, 0.3) is 0 Å². The van der Waals surface area contributed by atoms with E-state index in [0.717, 1.165) is 6.26 Å². The summed E-state index contributed by atoms with van der Waals surface area (Å²) < 4.78 is 19.3. The van der Waals surface area contributed by atoms with Gasteiger partial charge in [-0.05, 0) is 18.2 Å². The summed E-state index contributed by atoms with van der Waals surface area (Å²) in [5, 5.41) is 9.12. The SMILES string of the molecule is CO/C=C(/Oc1ccc(OC)cc1C(=O)O)C(=O)OC. The van der Waals surface area contributed by atoms with Crippen molar-refractivity contribution in [3.05, 3.63) is 35.8 Å². The highest BCUT2D eigenvalue weighted by Crippen LogP contribution is 2.26. The van der Waals surface area contributed by atoms with Gasteiger partial charge in [0, 0.05) is 0 Å². The zero-order valence-corrected chi connectivity index (χ0v) is 11.2. The Balaban J connectivity index is 3.15. The zero-order valence-electron chi connectivity index (χ0n) is 11.2. The molecule has 7 heteroatoms. The number of carbonyl (C=O) groups excluding carboxylic acids is 1. The van der Waals surface area contributed by atoms with Gasteiger partial charge in [0.05, 0.1) is 21.3 Å². The maximum Gasteiger partial charge on any atom is 0.377 e. The number of esters is 1. The van der Waals surface area contributed by atoms with E-state index in [0.29, 0.717) is 5.75 Å². The molecule has 1 rings (SSSR count). The Morgan fingerprint density at radius 3 is 2.40 bits per heavy atom. The highest BCUT2D eigenvalue weighted by atomic mass is 16.6. The Bertz CT molecular complexity index is 534. The topological polar surface area (TPSA) is 91.3 Å². The Labute approximate surface area is 115 Å². The summed E-state index contributed by atoms with van der Waals surface area (Å²) in [5.41, 5.74) is -0.157. The average Bonchev–Trinajstić information content (AvgIpc) is 2.46. The summed E-state index contributed by atoms with van der Waals surface area (Å²) in [7, 11) is 3.89. The van der Waals surface area contributed by atoms with Crippen molar-refractivity contribution < 1.29 is 33.6 Å². The molecule has 0 fully saturated rings. The summed E-state index contributed by atoms with van der Waals surface area (Å²) in [5.74, 6) is -1.97. The quantitative estimate of drug-likeness (QED) is 0.479. The second-order valence-electron chi connectivity index (χ2n) is 3.48. The van der Waals surface area contributed by atoms with Gasteiger partial charge in [0.2, 0.25) is 5.76 Å². The summed E-state index contributed by atoms with van der Waals surface area (Å²) in [6.07, 6.45) is 1.02. The largest absolute Gasteiger partial charge is 0.500 e. The molecule has 0 atom stereocenters. The molecular formula is C13H14O7. The minimum atomic E-state index is -1.22. The van der Waals surface area contributed by atoms with Crippen molar-refractivity contribution in [1.82, 2.24) is 0 Å². The van der Waals surface area contributed by atoms with E-state index < -0.39 is 11.9 Å². The Morgan fingerprint density at radius 2 is 1.90 bits per heavy atom. The Hall–Kier alpha value is -2.70.